The summed E-state index contributed by atoms with van der Waals surface area (Å²) in [6.07, 6.45) is 0.810. The molecule has 0 saturated carbocycles. The Hall–Kier alpha value is -0.560. The van der Waals surface area contributed by atoms with Crippen LogP contribution in [-0.4, -0.2) is 23.4 Å². The van der Waals surface area contributed by atoms with Crippen molar-refractivity contribution in [3.8, 4) is 0 Å². The van der Waals surface area contributed by atoms with Crippen LogP contribution in [0.2, 0.25) is 0 Å². The topological polar surface area (TPSA) is 75.4 Å². The van der Waals surface area contributed by atoms with E-state index >= 15 is 0 Å². The van der Waals surface area contributed by atoms with Crippen molar-refractivity contribution in [2.24, 2.45) is 5.84 Å². The summed E-state index contributed by atoms with van der Waals surface area (Å²) in [6.45, 7) is 2.23. The van der Waals surface area contributed by atoms with Gasteiger partial charge in [0.15, 0.2) is 0 Å². The third kappa shape index (κ3) is 3.79. The number of hydrazine groups is 1. The van der Waals surface area contributed by atoms with Crippen LogP contribution in [0.3, 0.4) is 0 Å². The summed E-state index contributed by atoms with van der Waals surface area (Å²) in [5, 5.41) is 8.65. The summed E-state index contributed by atoms with van der Waals surface area (Å²) in [6, 6.07) is 1.88. The number of aliphatic hydroxyl groups is 1. The van der Waals surface area contributed by atoms with E-state index in [1.807, 2.05) is 13.0 Å². The first-order valence-electron chi connectivity index (χ1n) is 4.98. The fourth-order valence-electron chi connectivity index (χ4n) is 1.19. The Bertz CT molecular complexity index is 353. The van der Waals surface area contributed by atoms with Gasteiger partial charge in [0.25, 0.3) is 5.91 Å². The monoisotopic (exact) mass is 260 g/mol. The highest BCUT2D eigenvalue weighted by molar-refractivity contribution is 7.98. The average Bonchev–Trinajstić information content (AvgIpc) is 2.65. The molecule has 0 aromatic carbocycles. The highest BCUT2D eigenvalue weighted by Gasteiger charge is 2.10. The second kappa shape index (κ2) is 6.90. The first-order chi connectivity index (χ1) is 7.69. The molecule has 0 unspecified atom stereocenters. The van der Waals surface area contributed by atoms with Crippen LogP contribution in [0.1, 0.15) is 26.5 Å². The molecule has 90 valence electrons. The maximum atomic E-state index is 11.3. The van der Waals surface area contributed by atoms with Crippen molar-refractivity contribution in [2.45, 2.75) is 19.1 Å². The van der Waals surface area contributed by atoms with E-state index in [2.05, 4.69) is 5.43 Å². The van der Waals surface area contributed by atoms with Crippen LogP contribution in [0, 0.1) is 6.92 Å². The van der Waals surface area contributed by atoms with Crippen LogP contribution in [0.4, 0.5) is 0 Å². The number of aliphatic hydroxyl groups excluding tert-OH is 1. The molecule has 1 amide bonds. The van der Waals surface area contributed by atoms with E-state index in [9.17, 15) is 4.79 Å². The van der Waals surface area contributed by atoms with E-state index in [0.717, 1.165) is 22.8 Å². The minimum Gasteiger partial charge on any atom is -0.396 e. The number of thiophene rings is 1. The Balaban J connectivity index is 2.53. The van der Waals surface area contributed by atoms with Gasteiger partial charge in [-0.1, -0.05) is 0 Å². The summed E-state index contributed by atoms with van der Waals surface area (Å²) in [7, 11) is 0. The maximum absolute atomic E-state index is 11.3. The Morgan fingerprint density at radius 1 is 1.69 bits per heavy atom. The molecule has 0 aliphatic heterocycles. The molecule has 0 spiro atoms. The molecule has 1 aromatic heterocycles. The number of carbonyl (C=O) groups is 1. The Kier molecular flexibility index (Phi) is 5.83. The minimum absolute atomic E-state index is 0.233. The Labute approximate surface area is 103 Å². The standard InChI is InChI=1S/C10H16N2O2S2/c1-7-8(6-15-4-2-3-13)5-9(16-7)10(14)12-11/h5,13H,2-4,6,11H2,1H3,(H,12,14). The third-order valence-electron chi connectivity index (χ3n) is 2.08. The highest BCUT2D eigenvalue weighted by Crippen LogP contribution is 2.25. The largest absolute Gasteiger partial charge is 0.396 e. The lowest BCUT2D eigenvalue weighted by atomic mass is 10.3. The number of nitrogens with two attached hydrogens (primary N) is 1. The number of nitrogen functional groups attached to an aromatic ring is 1. The quantitative estimate of drug-likeness (QED) is 0.312. The van der Waals surface area contributed by atoms with Gasteiger partial charge >= 0.3 is 0 Å². The van der Waals surface area contributed by atoms with E-state index in [-0.39, 0.29) is 12.5 Å². The molecular weight excluding hydrogens is 244 g/mol. The van der Waals surface area contributed by atoms with Crippen LogP contribution in [0.25, 0.3) is 0 Å². The molecule has 0 fully saturated rings. The SMILES string of the molecule is Cc1sc(C(=O)NN)cc1CSCCCO. The molecule has 0 saturated heterocycles. The fourth-order valence-corrected chi connectivity index (χ4v) is 3.23. The molecule has 0 atom stereocenters. The van der Waals surface area contributed by atoms with E-state index in [1.165, 1.54) is 16.9 Å². The van der Waals surface area contributed by atoms with Crippen LogP contribution < -0.4 is 11.3 Å². The predicted octanol–water partition coefficient (Wildman–Crippen LogP) is 1.28. The van der Waals surface area contributed by atoms with Gasteiger partial charge < -0.3 is 5.11 Å². The smallest absolute Gasteiger partial charge is 0.275 e. The zero-order valence-corrected chi connectivity index (χ0v) is 10.8. The van der Waals surface area contributed by atoms with Gasteiger partial charge in [0.2, 0.25) is 0 Å². The van der Waals surface area contributed by atoms with Gasteiger partial charge in [-0.3, -0.25) is 10.2 Å². The van der Waals surface area contributed by atoms with Crippen molar-refractivity contribution in [3.05, 3.63) is 21.4 Å². The van der Waals surface area contributed by atoms with Gasteiger partial charge in [-0.25, -0.2) is 5.84 Å². The molecular formula is C10H16N2O2S2. The van der Waals surface area contributed by atoms with Crippen LogP contribution >= 0.6 is 23.1 Å². The van der Waals surface area contributed by atoms with Crippen molar-refractivity contribution in [1.82, 2.24) is 5.43 Å². The van der Waals surface area contributed by atoms with Crippen LogP contribution in [0.15, 0.2) is 6.07 Å². The van der Waals surface area contributed by atoms with Gasteiger partial charge in [-0.15, -0.1) is 11.3 Å². The first kappa shape index (κ1) is 13.5. The van der Waals surface area contributed by atoms with Gasteiger partial charge in [0.1, 0.15) is 0 Å². The molecule has 0 aliphatic rings. The second-order valence-corrected chi connectivity index (χ2v) is 5.66. The van der Waals surface area contributed by atoms with Crippen molar-refractivity contribution in [1.29, 1.82) is 0 Å². The van der Waals surface area contributed by atoms with E-state index in [1.54, 1.807) is 11.8 Å². The van der Waals surface area contributed by atoms with Crippen molar-refractivity contribution < 1.29 is 9.90 Å². The summed E-state index contributed by atoms with van der Waals surface area (Å²) in [5.41, 5.74) is 3.30. The minimum atomic E-state index is -0.236. The molecule has 16 heavy (non-hydrogen) atoms. The van der Waals surface area contributed by atoms with Crippen molar-refractivity contribution in [2.75, 3.05) is 12.4 Å². The number of rotatable bonds is 6. The van der Waals surface area contributed by atoms with Gasteiger partial charge in [-0.2, -0.15) is 11.8 Å². The lowest BCUT2D eigenvalue weighted by molar-refractivity contribution is 0.0957. The van der Waals surface area contributed by atoms with Gasteiger partial charge in [0.05, 0.1) is 4.88 Å². The molecule has 0 aliphatic carbocycles. The molecule has 0 radical (unpaired) electrons. The zero-order valence-electron chi connectivity index (χ0n) is 9.16. The number of hydrogen-bond acceptors (Lipinski definition) is 5. The number of aryl methyl sites for hydroxylation is 1. The molecule has 0 bridgehead atoms. The predicted molar refractivity (Wildman–Crippen MR) is 68.6 cm³/mol. The number of thioether (sulfide) groups is 1. The normalized spacial score (nSPS) is 10.4. The lowest BCUT2D eigenvalue weighted by Gasteiger charge is -1.99. The molecule has 6 heteroatoms. The number of carbonyl (C=O) groups excluding carboxylic acids is 1. The summed E-state index contributed by atoms with van der Waals surface area (Å²) in [4.78, 5) is 13.1. The number of hydrogen-bond donors (Lipinski definition) is 3. The molecule has 4 nitrogen and oxygen atoms in total. The highest BCUT2D eigenvalue weighted by atomic mass is 32.2. The Morgan fingerprint density at radius 3 is 3.06 bits per heavy atom. The van der Waals surface area contributed by atoms with Crippen LogP contribution in [-0.2, 0) is 5.75 Å². The zero-order chi connectivity index (χ0) is 12.0. The number of nitrogens with one attached hydrogen (secondary N) is 1. The van der Waals surface area contributed by atoms with Gasteiger partial charge in [0, 0.05) is 17.2 Å². The van der Waals surface area contributed by atoms with E-state index < -0.39 is 0 Å². The average molecular weight is 260 g/mol. The molecule has 1 rings (SSSR count). The third-order valence-corrected chi connectivity index (χ3v) is 4.26. The number of amides is 1. The van der Waals surface area contributed by atoms with E-state index in [0.29, 0.717) is 4.88 Å². The Morgan fingerprint density at radius 2 is 2.44 bits per heavy atom. The summed E-state index contributed by atoms with van der Waals surface area (Å²) < 4.78 is 0. The summed E-state index contributed by atoms with van der Waals surface area (Å²) in [5.74, 6) is 6.65. The molecule has 1 aromatic rings. The maximum Gasteiger partial charge on any atom is 0.275 e. The summed E-state index contributed by atoms with van der Waals surface area (Å²) >= 11 is 3.22. The molecule has 1 heterocycles. The van der Waals surface area contributed by atoms with Crippen molar-refractivity contribution >= 4 is 29.0 Å². The fraction of sp³-hybridized carbons (Fsp3) is 0.500. The lowest BCUT2D eigenvalue weighted by Crippen LogP contribution is -2.29. The van der Waals surface area contributed by atoms with Gasteiger partial charge in [-0.05, 0) is 30.7 Å². The van der Waals surface area contributed by atoms with E-state index in [4.69, 9.17) is 10.9 Å². The van der Waals surface area contributed by atoms with Crippen molar-refractivity contribution in [3.63, 3.8) is 0 Å². The first-order valence-corrected chi connectivity index (χ1v) is 6.95. The van der Waals surface area contributed by atoms with Crippen LogP contribution in [0.5, 0.6) is 0 Å². The molecule has 4 N–H and O–H groups in total. The second-order valence-electron chi connectivity index (χ2n) is 3.30.